The highest BCUT2D eigenvalue weighted by atomic mass is 32.2. The first kappa shape index (κ1) is 12.5. The van der Waals surface area contributed by atoms with E-state index in [0.29, 0.717) is 0 Å². The van der Waals surface area contributed by atoms with Gasteiger partial charge in [0.05, 0.1) is 6.54 Å². The summed E-state index contributed by atoms with van der Waals surface area (Å²) in [5, 5.41) is 7.57. The van der Waals surface area contributed by atoms with Crippen LogP contribution in [0.25, 0.3) is 0 Å². The van der Waals surface area contributed by atoms with Gasteiger partial charge < -0.3 is 5.32 Å². The SMILES string of the molecule is CCCn1ncnc1CNCCCSC. The molecule has 0 saturated carbocycles. The van der Waals surface area contributed by atoms with Crippen LogP contribution in [0.1, 0.15) is 25.6 Å². The maximum Gasteiger partial charge on any atom is 0.140 e. The first-order valence-corrected chi connectivity index (χ1v) is 6.84. The molecule has 1 aromatic rings. The third-order valence-electron chi connectivity index (χ3n) is 2.12. The predicted molar refractivity (Wildman–Crippen MR) is 65.0 cm³/mol. The van der Waals surface area contributed by atoms with Crippen molar-refractivity contribution in [2.45, 2.75) is 32.9 Å². The number of hydrogen-bond acceptors (Lipinski definition) is 4. The van der Waals surface area contributed by atoms with Gasteiger partial charge in [0.15, 0.2) is 0 Å². The first-order chi connectivity index (χ1) is 7.38. The lowest BCUT2D eigenvalue weighted by atomic mass is 10.4. The first-order valence-electron chi connectivity index (χ1n) is 5.44. The quantitative estimate of drug-likeness (QED) is 0.685. The fraction of sp³-hybridized carbons (Fsp3) is 0.800. The van der Waals surface area contributed by atoms with Crippen LogP contribution in [0.5, 0.6) is 0 Å². The van der Waals surface area contributed by atoms with E-state index in [-0.39, 0.29) is 0 Å². The lowest BCUT2D eigenvalue weighted by molar-refractivity contribution is 0.542. The molecule has 4 nitrogen and oxygen atoms in total. The molecule has 0 unspecified atom stereocenters. The van der Waals surface area contributed by atoms with Crippen LogP contribution >= 0.6 is 11.8 Å². The van der Waals surface area contributed by atoms with E-state index in [1.807, 2.05) is 16.4 Å². The molecule has 1 aromatic heterocycles. The summed E-state index contributed by atoms with van der Waals surface area (Å²) in [6.07, 6.45) is 6.08. The number of nitrogens with zero attached hydrogens (tertiary/aromatic N) is 3. The molecule has 5 heteroatoms. The summed E-state index contributed by atoms with van der Waals surface area (Å²) in [7, 11) is 0. The Morgan fingerprint density at radius 3 is 3.13 bits per heavy atom. The zero-order valence-corrected chi connectivity index (χ0v) is 10.4. The minimum absolute atomic E-state index is 0.828. The van der Waals surface area contributed by atoms with Crippen molar-refractivity contribution >= 4 is 11.8 Å². The molecule has 0 aliphatic rings. The maximum atomic E-state index is 4.24. The van der Waals surface area contributed by atoms with E-state index in [1.54, 1.807) is 6.33 Å². The Morgan fingerprint density at radius 2 is 2.40 bits per heavy atom. The standard InChI is InChI=1S/C10H20N4S/c1-3-6-14-10(12-9-13-14)8-11-5-4-7-15-2/h9,11H,3-8H2,1-2H3. The van der Waals surface area contributed by atoms with Crippen LogP contribution < -0.4 is 5.32 Å². The molecule has 1 N–H and O–H groups in total. The number of aromatic nitrogens is 3. The molecule has 0 atom stereocenters. The highest BCUT2D eigenvalue weighted by Crippen LogP contribution is 1.97. The Bertz CT molecular complexity index is 262. The summed E-state index contributed by atoms with van der Waals surface area (Å²) in [5.74, 6) is 2.26. The monoisotopic (exact) mass is 228 g/mol. The van der Waals surface area contributed by atoms with Gasteiger partial charge >= 0.3 is 0 Å². The van der Waals surface area contributed by atoms with Gasteiger partial charge in [-0.25, -0.2) is 9.67 Å². The van der Waals surface area contributed by atoms with E-state index in [0.717, 1.165) is 31.9 Å². The van der Waals surface area contributed by atoms with Gasteiger partial charge in [-0.2, -0.15) is 16.9 Å². The van der Waals surface area contributed by atoms with Crippen LogP contribution in [-0.4, -0.2) is 33.3 Å². The fourth-order valence-electron chi connectivity index (χ4n) is 1.37. The highest BCUT2D eigenvalue weighted by Gasteiger charge is 2.01. The Morgan fingerprint density at radius 1 is 1.53 bits per heavy atom. The van der Waals surface area contributed by atoms with Crippen LogP contribution in [-0.2, 0) is 13.1 Å². The Labute approximate surface area is 95.9 Å². The summed E-state index contributed by atoms with van der Waals surface area (Å²) < 4.78 is 1.97. The molecule has 1 heterocycles. The lowest BCUT2D eigenvalue weighted by Gasteiger charge is -2.05. The van der Waals surface area contributed by atoms with Gasteiger partial charge in [0, 0.05) is 6.54 Å². The van der Waals surface area contributed by atoms with Gasteiger partial charge in [-0.1, -0.05) is 6.92 Å². The van der Waals surface area contributed by atoms with E-state index >= 15 is 0 Å². The summed E-state index contributed by atoms with van der Waals surface area (Å²) >= 11 is 1.89. The van der Waals surface area contributed by atoms with Crippen LogP contribution in [0.4, 0.5) is 0 Å². The molecule has 0 aromatic carbocycles. The number of aryl methyl sites for hydroxylation is 1. The number of nitrogens with one attached hydrogen (secondary N) is 1. The van der Waals surface area contributed by atoms with Crippen LogP contribution in [0.2, 0.25) is 0 Å². The minimum atomic E-state index is 0.828. The molecule has 0 aliphatic heterocycles. The molecule has 0 bridgehead atoms. The maximum absolute atomic E-state index is 4.24. The van der Waals surface area contributed by atoms with Gasteiger partial charge in [-0.3, -0.25) is 0 Å². The van der Waals surface area contributed by atoms with E-state index in [4.69, 9.17) is 0 Å². The molecule has 1 rings (SSSR count). The van der Waals surface area contributed by atoms with Gasteiger partial charge in [0.25, 0.3) is 0 Å². The van der Waals surface area contributed by atoms with Crippen LogP contribution in [0.3, 0.4) is 0 Å². The second kappa shape index (κ2) is 7.70. The zero-order valence-electron chi connectivity index (χ0n) is 9.57. The summed E-state index contributed by atoms with van der Waals surface area (Å²) in [6, 6.07) is 0. The zero-order chi connectivity index (χ0) is 10.9. The summed E-state index contributed by atoms with van der Waals surface area (Å²) in [4.78, 5) is 4.24. The van der Waals surface area contributed by atoms with Gasteiger partial charge in [0.1, 0.15) is 12.2 Å². The second-order valence-electron chi connectivity index (χ2n) is 3.42. The number of rotatable bonds is 8. The minimum Gasteiger partial charge on any atom is -0.310 e. The highest BCUT2D eigenvalue weighted by molar-refractivity contribution is 7.98. The molecular weight excluding hydrogens is 208 g/mol. The molecule has 0 radical (unpaired) electrons. The average Bonchev–Trinajstić information content (AvgIpc) is 2.66. The van der Waals surface area contributed by atoms with Crippen molar-refractivity contribution in [3.63, 3.8) is 0 Å². The fourth-order valence-corrected chi connectivity index (χ4v) is 1.80. The number of thioether (sulfide) groups is 1. The largest absolute Gasteiger partial charge is 0.310 e. The Kier molecular flexibility index (Phi) is 6.43. The molecule has 15 heavy (non-hydrogen) atoms. The van der Waals surface area contributed by atoms with Crippen molar-refractivity contribution in [3.05, 3.63) is 12.2 Å². The molecule has 0 aliphatic carbocycles. The number of hydrogen-bond donors (Lipinski definition) is 1. The van der Waals surface area contributed by atoms with Gasteiger partial charge in [-0.15, -0.1) is 0 Å². The lowest BCUT2D eigenvalue weighted by Crippen LogP contribution is -2.19. The van der Waals surface area contributed by atoms with E-state index < -0.39 is 0 Å². The van der Waals surface area contributed by atoms with E-state index in [1.165, 1.54) is 12.2 Å². The molecule has 0 saturated heterocycles. The molecule has 86 valence electrons. The smallest absolute Gasteiger partial charge is 0.140 e. The molecule has 0 spiro atoms. The molecule has 0 fully saturated rings. The summed E-state index contributed by atoms with van der Waals surface area (Å²) in [5.41, 5.74) is 0. The van der Waals surface area contributed by atoms with Gasteiger partial charge in [-0.05, 0) is 31.4 Å². The van der Waals surface area contributed by atoms with Gasteiger partial charge in [0.2, 0.25) is 0 Å². The predicted octanol–water partition coefficient (Wildman–Crippen LogP) is 1.53. The van der Waals surface area contributed by atoms with Crippen molar-refractivity contribution in [3.8, 4) is 0 Å². The van der Waals surface area contributed by atoms with E-state index in [9.17, 15) is 0 Å². The van der Waals surface area contributed by atoms with Crippen LogP contribution in [0.15, 0.2) is 6.33 Å². The molecule has 0 amide bonds. The van der Waals surface area contributed by atoms with Crippen molar-refractivity contribution in [2.24, 2.45) is 0 Å². The van der Waals surface area contributed by atoms with Crippen LogP contribution in [0, 0.1) is 0 Å². The topological polar surface area (TPSA) is 42.7 Å². The van der Waals surface area contributed by atoms with Crippen molar-refractivity contribution in [2.75, 3.05) is 18.6 Å². The third-order valence-corrected chi connectivity index (χ3v) is 2.81. The summed E-state index contributed by atoms with van der Waals surface area (Å²) in [6.45, 7) is 4.99. The Hall–Kier alpha value is -0.550. The second-order valence-corrected chi connectivity index (χ2v) is 4.41. The Balaban J connectivity index is 2.21. The van der Waals surface area contributed by atoms with Crippen molar-refractivity contribution in [1.29, 1.82) is 0 Å². The van der Waals surface area contributed by atoms with Crippen molar-refractivity contribution < 1.29 is 0 Å². The average molecular weight is 228 g/mol. The molecular formula is C10H20N4S. The normalized spacial score (nSPS) is 10.8. The van der Waals surface area contributed by atoms with Crippen molar-refractivity contribution in [1.82, 2.24) is 20.1 Å². The third kappa shape index (κ3) is 4.66. The van der Waals surface area contributed by atoms with E-state index in [2.05, 4.69) is 28.6 Å².